The predicted molar refractivity (Wildman–Crippen MR) is 97.5 cm³/mol. The zero-order valence-corrected chi connectivity index (χ0v) is 14.6. The highest BCUT2D eigenvalue weighted by molar-refractivity contribution is 7.99. The molecule has 1 heterocycles. The normalized spacial score (nSPS) is 11.1. The van der Waals surface area contributed by atoms with Gasteiger partial charge in [-0.1, -0.05) is 41.6 Å². The van der Waals surface area contributed by atoms with E-state index in [4.69, 9.17) is 5.73 Å². The third-order valence-electron chi connectivity index (χ3n) is 4.12. The van der Waals surface area contributed by atoms with Crippen LogP contribution >= 0.6 is 11.8 Å². The Morgan fingerprint density at radius 3 is 2.67 bits per heavy atom. The van der Waals surface area contributed by atoms with Crippen molar-refractivity contribution in [3.05, 3.63) is 59.3 Å². The Hall–Kier alpha value is -2.24. The predicted octanol–water partition coefficient (Wildman–Crippen LogP) is 3.95. The van der Waals surface area contributed by atoms with E-state index in [1.165, 1.54) is 0 Å². The number of benzene rings is 2. The van der Waals surface area contributed by atoms with E-state index in [-0.39, 0.29) is 6.54 Å². The summed E-state index contributed by atoms with van der Waals surface area (Å²) in [5.74, 6) is -0.838. The molecule has 0 spiro atoms. The fourth-order valence-corrected chi connectivity index (χ4v) is 4.10. The van der Waals surface area contributed by atoms with E-state index < -0.39 is 5.97 Å². The number of carbonyl (C=O) groups is 1. The van der Waals surface area contributed by atoms with Crippen LogP contribution in [0, 0.1) is 13.8 Å². The average molecular weight is 340 g/mol. The minimum atomic E-state index is -0.838. The number of carboxylic acids is 1. The Morgan fingerprint density at radius 1 is 1.21 bits per heavy atom. The van der Waals surface area contributed by atoms with Crippen LogP contribution in [-0.4, -0.2) is 15.6 Å². The molecule has 4 nitrogen and oxygen atoms in total. The van der Waals surface area contributed by atoms with Gasteiger partial charge in [0.05, 0.1) is 0 Å². The Labute approximate surface area is 145 Å². The molecule has 0 amide bonds. The van der Waals surface area contributed by atoms with Crippen LogP contribution in [0.15, 0.2) is 52.3 Å². The van der Waals surface area contributed by atoms with Crippen molar-refractivity contribution in [2.75, 3.05) is 0 Å². The quantitative estimate of drug-likeness (QED) is 0.738. The van der Waals surface area contributed by atoms with Gasteiger partial charge in [-0.2, -0.15) is 0 Å². The number of hydrogen-bond donors (Lipinski definition) is 2. The first-order valence-electron chi connectivity index (χ1n) is 7.78. The Bertz CT molecular complexity index is 915. The van der Waals surface area contributed by atoms with Gasteiger partial charge < -0.3 is 15.4 Å². The van der Waals surface area contributed by atoms with E-state index in [2.05, 4.69) is 12.1 Å². The van der Waals surface area contributed by atoms with Crippen LogP contribution in [0.25, 0.3) is 10.9 Å². The highest BCUT2D eigenvalue weighted by Crippen LogP contribution is 2.39. The largest absolute Gasteiger partial charge is 0.480 e. The van der Waals surface area contributed by atoms with E-state index in [0.29, 0.717) is 6.54 Å². The lowest BCUT2D eigenvalue weighted by Crippen LogP contribution is -2.09. The van der Waals surface area contributed by atoms with Crippen molar-refractivity contribution in [1.29, 1.82) is 0 Å². The maximum atomic E-state index is 11.3. The number of carboxylic acid groups (broad SMARTS) is 1. The van der Waals surface area contributed by atoms with Crippen molar-refractivity contribution in [2.45, 2.75) is 36.7 Å². The summed E-state index contributed by atoms with van der Waals surface area (Å²) in [5, 5.41) is 10.3. The molecular formula is C19H20N2O2S. The van der Waals surface area contributed by atoms with E-state index in [0.717, 1.165) is 37.5 Å². The van der Waals surface area contributed by atoms with Crippen molar-refractivity contribution >= 4 is 28.6 Å². The highest BCUT2D eigenvalue weighted by Gasteiger charge is 2.17. The van der Waals surface area contributed by atoms with Crippen LogP contribution in [0.1, 0.15) is 16.8 Å². The number of rotatable bonds is 5. The second kappa shape index (κ2) is 6.71. The molecule has 0 bridgehead atoms. The number of aryl methyl sites for hydroxylation is 1. The molecule has 3 rings (SSSR count). The molecule has 2 aromatic carbocycles. The highest BCUT2D eigenvalue weighted by atomic mass is 32.2. The second-order valence-corrected chi connectivity index (χ2v) is 6.88. The molecular weight excluding hydrogens is 320 g/mol. The van der Waals surface area contributed by atoms with Crippen LogP contribution in [0.3, 0.4) is 0 Å². The smallest absolute Gasteiger partial charge is 0.323 e. The van der Waals surface area contributed by atoms with Gasteiger partial charge in [-0.25, -0.2) is 0 Å². The van der Waals surface area contributed by atoms with E-state index >= 15 is 0 Å². The number of aromatic nitrogens is 1. The van der Waals surface area contributed by atoms with Crippen LogP contribution < -0.4 is 5.73 Å². The van der Waals surface area contributed by atoms with Crippen LogP contribution in [0.5, 0.6) is 0 Å². The van der Waals surface area contributed by atoms with Gasteiger partial charge in [-0.3, -0.25) is 4.79 Å². The topological polar surface area (TPSA) is 68.2 Å². The van der Waals surface area contributed by atoms with Crippen molar-refractivity contribution in [1.82, 2.24) is 4.57 Å². The molecule has 3 aromatic rings. The molecule has 124 valence electrons. The van der Waals surface area contributed by atoms with Gasteiger partial charge in [0, 0.05) is 32.9 Å². The third-order valence-corrected chi connectivity index (χ3v) is 5.46. The minimum Gasteiger partial charge on any atom is -0.480 e. The Kier molecular flexibility index (Phi) is 4.64. The number of nitrogens with zero attached hydrogens (tertiary/aromatic N) is 1. The molecule has 0 aliphatic rings. The van der Waals surface area contributed by atoms with Gasteiger partial charge in [0.15, 0.2) is 0 Å². The van der Waals surface area contributed by atoms with Crippen molar-refractivity contribution in [2.24, 2.45) is 5.73 Å². The van der Waals surface area contributed by atoms with Gasteiger partial charge in [0.25, 0.3) is 0 Å². The molecule has 0 saturated heterocycles. The number of aliphatic carboxylic acids is 1. The fraction of sp³-hybridized carbons (Fsp3) is 0.211. The number of fused-ring (bicyclic) bond motifs is 1. The molecule has 0 aliphatic carbocycles. The lowest BCUT2D eigenvalue weighted by Gasteiger charge is -2.08. The SMILES string of the molecule is Cc1ccc2c(c1)c(Sc1ccccc1CN)c(C)n2CC(=O)O. The molecule has 0 radical (unpaired) electrons. The molecule has 1 aromatic heterocycles. The molecule has 0 aliphatic heterocycles. The van der Waals surface area contributed by atoms with Gasteiger partial charge in [-0.15, -0.1) is 0 Å². The van der Waals surface area contributed by atoms with Gasteiger partial charge >= 0.3 is 5.97 Å². The maximum absolute atomic E-state index is 11.3. The van der Waals surface area contributed by atoms with Gasteiger partial charge in [0.1, 0.15) is 6.54 Å². The summed E-state index contributed by atoms with van der Waals surface area (Å²) in [6.45, 7) is 4.47. The molecule has 24 heavy (non-hydrogen) atoms. The van der Waals surface area contributed by atoms with Crippen LogP contribution in [-0.2, 0) is 17.9 Å². The summed E-state index contributed by atoms with van der Waals surface area (Å²) in [5.41, 5.74) is 10.0. The van der Waals surface area contributed by atoms with E-state index in [1.54, 1.807) is 11.8 Å². The molecule has 0 fully saturated rings. The molecule has 3 N–H and O–H groups in total. The zero-order chi connectivity index (χ0) is 17.3. The standard InChI is InChI=1S/C19H20N2O2S/c1-12-7-8-16-15(9-12)19(13(2)21(16)11-18(22)23)24-17-6-4-3-5-14(17)10-20/h3-9H,10-11,20H2,1-2H3,(H,22,23). The molecule has 0 unspecified atom stereocenters. The first kappa shape index (κ1) is 16.6. The first-order chi connectivity index (χ1) is 11.5. The Morgan fingerprint density at radius 2 is 1.96 bits per heavy atom. The maximum Gasteiger partial charge on any atom is 0.323 e. The van der Waals surface area contributed by atoms with Crippen molar-refractivity contribution < 1.29 is 9.90 Å². The lowest BCUT2D eigenvalue weighted by molar-refractivity contribution is -0.137. The third kappa shape index (κ3) is 3.05. The molecule has 5 heteroatoms. The van der Waals surface area contributed by atoms with Gasteiger partial charge in [-0.05, 0) is 37.6 Å². The molecule has 0 saturated carbocycles. The summed E-state index contributed by atoms with van der Waals surface area (Å²) in [6, 6.07) is 14.2. The summed E-state index contributed by atoms with van der Waals surface area (Å²) in [7, 11) is 0. The monoisotopic (exact) mass is 340 g/mol. The van der Waals surface area contributed by atoms with Crippen LogP contribution in [0.4, 0.5) is 0 Å². The summed E-state index contributed by atoms with van der Waals surface area (Å²) < 4.78 is 1.87. The summed E-state index contributed by atoms with van der Waals surface area (Å²) >= 11 is 1.66. The van der Waals surface area contributed by atoms with E-state index in [1.807, 2.05) is 48.7 Å². The second-order valence-electron chi connectivity index (χ2n) is 5.83. The fourth-order valence-electron chi connectivity index (χ4n) is 2.92. The summed E-state index contributed by atoms with van der Waals surface area (Å²) in [4.78, 5) is 13.5. The first-order valence-corrected chi connectivity index (χ1v) is 8.60. The number of nitrogens with two attached hydrogens (primary N) is 1. The minimum absolute atomic E-state index is 0.0372. The van der Waals surface area contributed by atoms with E-state index in [9.17, 15) is 9.90 Å². The molecule has 0 atom stereocenters. The van der Waals surface area contributed by atoms with Gasteiger partial charge in [0.2, 0.25) is 0 Å². The van der Waals surface area contributed by atoms with Crippen LogP contribution in [0.2, 0.25) is 0 Å². The lowest BCUT2D eigenvalue weighted by atomic mass is 10.2. The zero-order valence-electron chi connectivity index (χ0n) is 13.7. The Balaban J connectivity index is 2.18. The van der Waals surface area contributed by atoms with Crippen molar-refractivity contribution in [3.63, 3.8) is 0 Å². The average Bonchev–Trinajstić information content (AvgIpc) is 2.80. The number of hydrogen-bond acceptors (Lipinski definition) is 3. The summed E-state index contributed by atoms with van der Waals surface area (Å²) in [6.07, 6.45) is 0. The van der Waals surface area contributed by atoms with Crippen molar-refractivity contribution in [3.8, 4) is 0 Å².